The van der Waals surface area contributed by atoms with Gasteiger partial charge in [-0.15, -0.1) is 0 Å². The lowest BCUT2D eigenvalue weighted by atomic mass is 10.1. The molecule has 2 aliphatic heterocycles. The number of anilines is 2. The highest BCUT2D eigenvalue weighted by atomic mass is 33.1. The first-order valence-corrected chi connectivity index (χ1v) is 19.7. The van der Waals surface area contributed by atoms with Crippen molar-refractivity contribution in [2.75, 3.05) is 23.8 Å². The van der Waals surface area contributed by atoms with Gasteiger partial charge in [-0.05, 0) is 36.4 Å². The second-order valence-corrected chi connectivity index (χ2v) is 17.0. The lowest BCUT2D eigenvalue weighted by molar-refractivity contribution is -0.0558. The summed E-state index contributed by atoms with van der Waals surface area (Å²) in [4.78, 5) is 58.3. The average Bonchev–Trinajstić information content (AvgIpc) is 3.61. The molecule has 6 rings (SSSR count). The Morgan fingerprint density at radius 2 is 1.25 bits per heavy atom. The van der Waals surface area contributed by atoms with Gasteiger partial charge in [0.1, 0.15) is 48.8 Å². The Kier molecular flexibility index (Phi) is 12.1. The van der Waals surface area contributed by atoms with Crippen LogP contribution in [-0.2, 0) is 30.8 Å². The third-order valence-corrected chi connectivity index (χ3v) is 10.4. The average molecular weight is 789 g/mol. The van der Waals surface area contributed by atoms with Gasteiger partial charge in [0.15, 0.2) is 18.6 Å². The van der Waals surface area contributed by atoms with Crippen LogP contribution in [0.25, 0.3) is 0 Å². The topological polar surface area (TPSA) is 246 Å². The molecule has 53 heavy (non-hydrogen) atoms. The van der Waals surface area contributed by atoms with Crippen LogP contribution in [0, 0.1) is 0 Å². The number of hydrogen-bond donors (Lipinski definition) is 7. The summed E-state index contributed by atoms with van der Waals surface area (Å²) in [6.07, 6.45) is -12.5. The minimum atomic E-state index is -3.63. The fourth-order valence-electron chi connectivity index (χ4n) is 5.58. The van der Waals surface area contributed by atoms with Crippen LogP contribution >= 0.6 is 18.4 Å². The minimum absolute atomic E-state index is 0.0482. The molecule has 280 valence electrons. The molecule has 0 aliphatic carbocycles. The van der Waals surface area contributed by atoms with Crippen LogP contribution < -0.4 is 22.0 Å². The van der Waals surface area contributed by atoms with Crippen molar-refractivity contribution in [2.24, 2.45) is 0 Å². The number of nitrogens with zero attached hydrogens (tertiary/aromatic N) is 4. The van der Waals surface area contributed by atoms with E-state index in [2.05, 4.69) is 32.9 Å². The molecule has 4 heterocycles. The number of carbonyl (C=O) groups excluding carboxylic acids is 2. The number of benzene rings is 2. The number of ether oxygens (including phenoxy) is 2. The Morgan fingerprint density at radius 3 is 1.72 bits per heavy atom. The standard InChI is InChI=1S/C32H33N6O12PS2/c39-15-19-26(25(42)30(48-19)38-14-12-22(36-32(38)46)34-28(44)18-9-5-2-6-10-18)50-51(52,53)47-16-20-23(40)24(41)29(49-20)37-13-11-21(35-31(37)45)33-27(43)17-7-3-1-4-8-17/h1-14,19-20,23-26,29-30,39-42H,15-16H2,(H,52,53)(H,33,35,43,45)(H,34,36,44,46)/t19-,20-,23-,24-,25-,26-,29-,30-/m1/s1. The fraction of sp³-hybridized carbons (Fsp3) is 0.312. The molecule has 2 aromatic carbocycles. The number of carbonyl (C=O) groups is 2. The predicted octanol–water partition coefficient (Wildman–Crippen LogP) is 0.431. The first-order valence-electron chi connectivity index (χ1n) is 15.9. The highest BCUT2D eigenvalue weighted by Crippen LogP contribution is 2.65. The van der Waals surface area contributed by atoms with Gasteiger partial charge in [0.05, 0.1) is 6.61 Å². The highest BCUT2D eigenvalue weighted by molar-refractivity contribution is 8.76. The van der Waals surface area contributed by atoms with E-state index in [0.29, 0.717) is 11.1 Å². The molecule has 9 atom stereocenters. The molecular weight excluding hydrogens is 755 g/mol. The van der Waals surface area contributed by atoms with Gasteiger partial charge >= 0.3 is 11.4 Å². The first-order chi connectivity index (χ1) is 25.3. The molecule has 0 bridgehead atoms. The lowest BCUT2D eigenvalue weighted by Crippen LogP contribution is -2.38. The van der Waals surface area contributed by atoms with E-state index in [0.717, 1.165) is 9.13 Å². The maximum atomic E-state index is 12.9. The SMILES string of the molecule is O=C(Nc1ccn([C@@H]2O[C@H](CO[P+]([S-])(S)O[C@H]3[C@@H](O)[C@H](n4ccc(NC(=O)c5ccccc5)nc4=O)O[C@@H]3CO)[C@@H](O)[C@H]2O)c(=O)n1)c1ccccc1. The van der Waals surface area contributed by atoms with Gasteiger partial charge < -0.3 is 52.8 Å². The zero-order valence-corrected chi connectivity index (χ0v) is 29.9. The molecule has 21 heteroatoms. The van der Waals surface area contributed by atoms with Gasteiger partial charge in [0, 0.05) is 35.8 Å². The number of thiol groups is 1. The quantitative estimate of drug-likeness (QED) is 0.0585. The Labute approximate surface area is 311 Å². The van der Waals surface area contributed by atoms with E-state index in [4.69, 9.17) is 30.8 Å². The lowest BCUT2D eigenvalue weighted by Gasteiger charge is -2.29. The summed E-state index contributed by atoms with van der Waals surface area (Å²) in [5.74, 6) is -1.08. The summed E-state index contributed by atoms with van der Waals surface area (Å²) >= 11 is 9.71. The van der Waals surface area contributed by atoms with Crippen molar-refractivity contribution in [1.82, 2.24) is 19.1 Å². The smallest absolute Gasteiger partial charge is 0.351 e. The molecule has 2 fully saturated rings. The van der Waals surface area contributed by atoms with E-state index in [1.54, 1.807) is 60.7 Å². The van der Waals surface area contributed by atoms with Crippen molar-refractivity contribution in [1.29, 1.82) is 0 Å². The molecule has 1 unspecified atom stereocenters. The van der Waals surface area contributed by atoms with E-state index in [9.17, 15) is 39.6 Å². The molecule has 0 saturated carbocycles. The largest absolute Gasteiger partial charge is 0.480 e. The summed E-state index contributed by atoms with van der Waals surface area (Å²) in [7, 11) is 0. The highest BCUT2D eigenvalue weighted by Gasteiger charge is 2.51. The Hall–Kier alpha value is -4.05. The number of nitrogens with one attached hydrogen (secondary N) is 2. The Morgan fingerprint density at radius 1 is 0.774 bits per heavy atom. The molecular formula is C32H33N6O12PS2. The minimum Gasteiger partial charge on any atom is -0.480 e. The van der Waals surface area contributed by atoms with E-state index in [1.807, 2.05) is 0 Å². The van der Waals surface area contributed by atoms with Crippen molar-refractivity contribution >= 4 is 54.1 Å². The van der Waals surface area contributed by atoms with Crippen molar-refractivity contribution in [3.8, 4) is 0 Å². The van der Waals surface area contributed by atoms with E-state index < -0.39 is 91.6 Å². The van der Waals surface area contributed by atoms with Crippen molar-refractivity contribution in [3.63, 3.8) is 0 Å². The first kappa shape index (κ1) is 38.7. The van der Waals surface area contributed by atoms with Crippen LogP contribution in [0.4, 0.5) is 11.6 Å². The monoisotopic (exact) mass is 788 g/mol. The van der Waals surface area contributed by atoms with Crippen LogP contribution in [0.1, 0.15) is 33.2 Å². The van der Waals surface area contributed by atoms with Crippen molar-refractivity contribution < 1.29 is 48.5 Å². The van der Waals surface area contributed by atoms with E-state index in [-0.39, 0.29) is 11.6 Å². The second-order valence-electron chi connectivity index (χ2n) is 11.8. The predicted molar refractivity (Wildman–Crippen MR) is 193 cm³/mol. The van der Waals surface area contributed by atoms with E-state index in [1.165, 1.54) is 24.5 Å². The van der Waals surface area contributed by atoms with E-state index >= 15 is 0 Å². The normalized spacial score (nSPS) is 26.5. The molecule has 4 aromatic rings. The zero-order valence-electron chi connectivity index (χ0n) is 27.3. The molecule has 0 radical (unpaired) electrons. The number of rotatable bonds is 12. The molecule has 2 aliphatic rings. The fourth-order valence-corrected chi connectivity index (χ4v) is 7.55. The van der Waals surface area contributed by atoms with Crippen LogP contribution in [-0.4, -0.2) is 101 Å². The van der Waals surface area contributed by atoms with Gasteiger partial charge in [-0.2, -0.15) is 9.97 Å². The second kappa shape index (κ2) is 16.5. The molecule has 2 amide bonds. The van der Waals surface area contributed by atoms with Crippen LogP contribution in [0.2, 0.25) is 0 Å². The number of hydrogen-bond acceptors (Lipinski definition) is 16. The van der Waals surface area contributed by atoms with Gasteiger partial charge in [0.2, 0.25) is 6.12 Å². The van der Waals surface area contributed by atoms with Gasteiger partial charge in [-0.1, -0.05) is 36.4 Å². The Bertz CT molecular complexity index is 2040. The van der Waals surface area contributed by atoms with Gasteiger partial charge in [-0.3, -0.25) is 18.7 Å². The third kappa shape index (κ3) is 8.85. The summed E-state index contributed by atoms with van der Waals surface area (Å²) < 4.78 is 24.8. The van der Waals surface area contributed by atoms with Crippen molar-refractivity contribution in [2.45, 2.75) is 49.1 Å². The summed E-state index contributed by atoms with van der Waals surface area (Å²) in [6, 6.07) is 19.2. The van der Waals surface area contributed by atoms with Crippen LogP contribution in [0.3, 0.4) is 0 Å². The number of aliphatic hydroxyl groups is 4. The van der Waals surface area contributed by atoms with Crippen LogP contribution in [0.5, 0.6) is 0 Å². The maximum absolute atomic E-state index is 12.9. The van der Waals surface area contributed by atoms with Crippen molar-refractivity contribution in [3.05, 3.63) is 117 Å². The van der Waals surface area contributed by atoms with Gasteiger partial charge in [-0.25, -0.2) is 18.6 Å². The maximum Gasteiger partial charge on any atom is 0.351 e. The van der Waals surface area contributed by atoms with Gasteiger partial charge in [0.25, 0.3) is 11.8 Å². The molecule has 2 saturated heterocycles. The number of aliphatic hydroxyl groups excluding tert-OH is 4. The summed E-state index contributed by atoms with van der Waals surface area (Å²) in [5, 5.41) is 47.6. The molecule has 0 spiro atoms. The molecule has 2 aromatic heterocycles. The third-order valence-electron chi connectivity index (χ3n) is 8.25. The summed E-state index contributed by atoms with van der Waals surface area (Å²) in [6.45, 7) is -1.15. The van der Waals surface area contributed by atoms with Crippen LogP contribution in [0.15, 0.2) is 94.8 Å². The number of amides is 2. The molecule has 18 nitrogen and oxygen atoms in total. The summed E-state index contributed by atoms with van der Waals surface area (Å²) in [5.41, 5.74) is -1.09. The number of aromatic nitrogens is 4. The Balaban J connectivity index is 1.06. The zero-order chi connectivity index (χ0) is 37.9. The molecule has 6 N–H and O–H groups in total.